The van der Waals surface area contributed by atoms with Gasteiger partial charge in [0, 0.05) is 3.92 Å². The van der Waals surface area contributed by atoms with Crippen LogP contribution in [-0.4, -0.2) is 3.92 Å². The number of hydrogen-bond acceptors (Lipinski definition) is 0. The Bertz CT molecular complexity index is 149. The fourth-order valence-corrected chi connectivity index (χ4v) is 2.21. The van der Waals surface area contributed by atoms with Crippen molar-refractivity contribution in [3.63, 3.8) is 0 Å². The second-order valence-corrected chi connectivity index (χ2v) is 4.94. The highest BCUT2D eigenvalue weighted by Crippen LogP contribution is 2.33. The lowest BCUT2D eigenvalue weighted by Gasteiger charge is -2.28. The summed E-state index contributed by atoms with van der Waals surface area (Å²) in [5.74, 6) is 1.66. The van der Waals surface area contributed by atoms with Crippen LogP contribution in [0.1, 0.15) is 27.2 Å². The van der Waals surface area contributed by atoms with Gasteiger partial charge in [0.15, 0.2) is 0 Å². The standard InChI is InChI=1S/C9H15I/c1-6-4-7(2)9(10)8(3)5-6/h4,7-9H,5H2,1-3H3/t7-,8?,9+/m1/s1. The van der Waals surface area contributed by atoms with Gasteiger partial charge in [-0.3, -0.25) is 0 Å². The molecule has 0 nitrogen and oxygen atoms in total. The monoisotopic (exact) mass is 250 g/mol. The van der Waals surface area contributed by atoms with Crippen LogP contribution in [-0.2, 0) is 0 Å². The maximum absolute atomic E-state index is 2.57. The number of hydrogen-bond donors (Lipinski definition) is 0. The molecule has 0 aromatic heterocycles. The third-order valence-electron chi connectivity index (χ3n) is 2.24. The molecule has 0 N–H and O–H groups in total. The summed E-state index contributed by atoms with van der Waals surface area (Å²) < 4.78 is 0.848. The molecule has 0 bridgehead atoms. The highest BCUT2D eigenvalue weighted by atomic mass is 127. The molecule has 1 unspecified atom stereocenters. The molecule has 0 aromatic carbocycles. The van der Waals surface area contributed by atoms with Crippen molar-refractivity contribution < 1.29 is 0 Å². The van der Waals surface area contributed by atoms with E-state index in [2.05, 4.69) is 49.4 Å². The molecule has 1 rings (SSSR count). The van der Waals surface area contributed by atoms with Gasteiger partial charge in [-0.2, -0.15) is 0 Å². The van der Waals surface area contributed by atoms with E-state index >= 15 is 0 Å². The average Bonchev–Trinajstić information content (AvgIpc) is 1.82. The summed E-state index contributed by atoms with van der Waals surface area (Å²) >= 11 is 2.57. The number of alkyl halides is 1. The van der Waals surface area contributed by atoms with Crippen LogP contribution in [0, 0.1) is 11.8 Å². The Hall–Kier alpha value is 0.470. The molecular formula is C9H15I. The molecule has 0 spiro atoms. The van der Waals surface area contributed by atoms with Crippen LogP contribution in [0.2, 0.25) is 0 Å². The van der Waals surface area contributed by atoms with Gasteiger partial charge in [-0.1, -0.05) is 48.1 Å². The van der Waals surface area contributed by atoms with E-state index in [-0.39, 0.29) is 0 Å². The highest BCUT2D eigenvalue weighted by Gasteiger charge is 2.23. The topological polar surface area (TPSA) is 0 Å². The molecular weight excluding hydrogens is 235 g/mol. The summed E-state index contributed by atoms with van der Waals surface area (Å²) in [6.45, 7) is 6.91. The first-order valence-electron chi connectivity index (χ1n) is 3.92. The molecule has 0 aliphatic heterocycles. The molecule has 1 aliphatic carbocycles. The van der Waals surface area contributed by atoms with E-state index in [1.165, 1.54) is 6.42 Å². The average molecular weight is 250 g/mol. The van der Waals surface area contributed by atoms with Crippen LogP contribution < -0.4 is 0 Å². The first-order valence-corrected chi connectivity index (χ1v) is 5.17. The van der Waals surface area contributed by atoms with Crippen LogP contribution in [0.4, 0.5) is 0 Å². The van der Waals surface area contributed by atoms with Gasteiger partial charge >= 0.3 is 0 Å². The predicted octanol–water partition coefficient (Wildman–Crippen LogP) is 3.41. The number of rotatable bonds is 0. The Kier molecular flexibility index (Phi) is 2.78. The summed E-state index contributed by atoms with van der Waals surface area (Å²) in [5, 5.41) is 0. The Morgan fingerprint density at radius 1 is 1.50 bits per heavy atom. The minimum atomic E-state index is 0.782. The zero-order valence-corrected chi connectivity index (χ0v) is 9.05. The first kappa shape index (κ1) is 8.57. The lowest BCUT2D eigenvalue weighted by atomic mass is 9.85. The van der Waals surface area contributed by atoms with Crippen LogP contribution in [0.3, 0.4) is 0 Å². The Morgan fingerprint density at radius 2 is 2.10 bits per heavy atom. The molecule has 0 amide bonds. The van der Waals surface area contributed by atoms with Crippen LogP contribution in [0.15, 0.2) is 11.6 Å². The molecule has 0 radical (unpaired) electrons. The molecule has 10 heavy (non-hydrogen) atoms. The zero-order chi connectivity index (χ0) is 7.72. The Morgan fingerprint density at radius 3 is 2.60 bits per heavy atom. The van der Waals surface area contributed by atoms with E-state index in [1.54, 1.807) is 5.57 Å². The van der Waals surface area contributed by atoms with Crippen molar-refractivity contribution in [3.8, 4) is 0 Å². The quantitative estimate of drug-likeness (QED) is 0.351. The van der Waals surface area contributed by atoms with Crippen molar-refractivity contribution in [2.75, 3.05) is 0 Å². The summed E-state index contributed by atoms with van der Waals surface area (Å²) in [5.41, 5.74) is 1.58. The van der Waals surface area contributed by atoms with Crippen LogP contribution in [0.25, 0.3) is 0 Å². The Balaban J connectivity index is 2.69. The molecule has 3 atom stereocenters. The van der Waals surface area contributed by atoms with Crippen molar-refractivity contribution in [2.45, 2.75) is 31.1 Å². The van der Waals surface area contributed by atoms with Gasteiger partial charge in [0.25, 0.3) is 0 Å². The van der Waals surface area contributed by atoms with Gasteiger partial charge in [-0.05, 0) is 25.2 Å². The molecule has 1 aliphatic rings. The van der Waals surface area contributed by atoms with E-state index in [9.17, 15) is 0 Å². The molecule has 0 fully saturated rings. The molecule has 0 aromatic rings. The summed E-state index contributed by atoms with van der Waals surface area (Å²) in [7, 11) is 0. The maximum atomic E-state index is 2.57. The van der Waals surface area contributed by atoms with E-state index in [1.807, 2.05) is 0 Å². The molecule has 0 saturated carbocycles. The van der Waals surface area contributed by atoms with Crippen molar-refractivity contribution >= 4 is 22.6 Å². The smallest absolute Gasteiger partial charge is 0.0198 e. The van der Waals surface area contributed by atoms with Gasteiger partial charge in [0.05, 0.1) is 0 Å². The van der Waals surface area contributed by atoms with Crippen molar-refractivity contribution in [1.29, 1.82) is 0 Å². The lowest BCUT2D eigenvalue weighted by Crippen LogP contribution is -2.22. The number of halogens is 1. The predicted molar refractivity (Wildman–Crippen MR) is 54.5 cm³/mol. The van der Waals surface area contributed by atoms with Gasteiger partial charge < -0.3 is 0 Å². The first-order chi connectivity index (χ1) is 4.61. The molecule has 0 heterocycles. The van der Waals surface area contributed by atoms with Gasteiger partial charge in [-0.25, -0.2) is 0 Å². The number of allylic oxidation sites excluding steroid dienone is 2. The summed E-state index contributed by atoms with van der Waals surface area (Å²) in [6, 6.07) is 0. The second kappa shape index (κ2) is 3.24. The van der Waals surface area contributed by atoms with E-state index < -0.39 is 0 Å². The molecule has 58 valence electrons. The third-order valence-corrected chi connectivity index (χ3v) is 4.60. The van der Waals surface area contributed by atoms with Crippen molar-refractivity contribution in [2.24, 2.45) is 11.8 Å². The van der Waals surface area contributed by atoms with E-state index in [0.29, 0.717) is 0 Å². The largest absolute Gasteiger partial charge is 0.0817 e. The van der Waals surface area contributed by atoms with Crippen molar-refractivity contribution in [3.05, 3.63) is 11.6 Å². The third kappa shape index (κ3) is 1.74. The summed E-state index contributed by atoms with van der Waals surface area (Å²) in [6.07, 6.45) is 3.72. The zero-order valence-electron chi connectivity index (χ0n) is 6.89. The Labute approximate surface area is 77.2 Å². The summed E-state index contributed by atoms with van der Waals surface area (Å²) in [4.78, 5) is 0. The highest BCUT2D eigenvalue weighted by molar-refractivity contribution is 14.1. The fraction of sp³-hybridized carbons (Fsp3) is 0.778. The van der Waals surface area contributed by atoms with Crippen LogP contribution in [0.5, 0.6) is 0 Å². The lowest BCUT2D eigenvalue weighted by molar-refractivity contribution is 0.467. The van der Waals surface area contributed by atoms with E-state index in [4.69, 9.17) is 0 Å². The second-order valence-electron chi connectivity index (χ2n) is 3.50. The minimum Gasteiger partial charge on any atom is -0.0817 e. The minimum absolute atomic E-state index is 0.782. The normalized spacial score (nSPS) is 41.2. The van der Waals surface area contributed by atoms with Gasteiger partial charge in [0.1, 0.15) is 0 Å². The fourth-order valence-electron chi connectivity index (χ4n) is 1.75. The maximum Gasteiger partial charge on any atom is 0.0198 e. The van der Waals surface area contributed by atoms with Gasteiger partial charge in [-0.15, -0.1) is 0 Å². The van der Waals surface area contributed by atoms with E-state index in [0.717, 1.165) is 15.8 Å². The van der Waals surface area contributed by atoms with Gasteiger partial charge in [0.2, 0.25) is 0 Å². The molecule has 1 heteroatoms. The van der Waals surface area contributed by atoms with Crippen molar-refractivity contribution in [1.82, 2.24) is 0 Å². The van der Waals surface area contributed by atoms with Crippen LogP contribution >= 0.6 is 22.6 Å². The SMILES string of the molecule is CC1=C[C@@H](C)[C@H](I)C(C)C1. The molecule has 0 saturated heterocycles.